The molecule has 0 atom stereocenters. The molecule has 1 amide bonds. The summed E-state index contributed by atoms with van der Waals surface area (Å²) in [5.74, 6) is 3.30. The maximum Gasteiger partial charge on any atom is 0.224 e. The molecule has 1 fully saturated rings. The summed E-state index contributed by atoms with van der Waals surface area (Å²) < 4.78 is 7.79. The molecule has 0 bridgehead atoms. The van der Waals surface area contributed by atoms with Crippen molar-refractivity contribution in [3.8, 4) is 0 Å². The Labute approximate surface area is 143 Å². The molecule has 3 rings (SSSR count). The van der Waals surface area contributed by atoms with E-state index < -0.39 is 0 Å². The van der Waals surface area contributed by atoms with E-state index >= 15 is 0 Å². The highest BCUT2D eigenvalue weighted by atomic mass is 16.5. The van der Waals surface area contributed by atoms with E-state index in [2.05, 4.69) is 33.9 Å². The predicted molar refractivity (Wildman–Crippen MR) is 90.6 cm³/mol. The fourth-order valence-electron chi connectivity index (χ4n) is 3.44. The van der Waals surface area contributed by atoms with Gasteiger partial charge in [0.1, 0.15) is 11.6 Å². The Bertz CT molecular complexity index is 549. The largest absolute Gasteiger partial charge is 0.381 e. The Balaban J connectivity index is 1.45. The molecule has 7 heteroatoms. The molecule has 134 valence electrons. The van der Waals surface area contributed by atoms with Gasteiger partial charge in [0.2, 0.25) is 5.91 Å². The zero-order chi connectivity index (χ0) is 16.9. The average Bonchev–Trinajstić information content (AvgIpc) is 3.02. The van der Waals surface area contributed by atoms with Crippen molar-refractivity contribution in [1.29, 1.82) is 0 Å². The number of piperidine rings is 1. The molecule has 2 aliphatic rings. The molecule has 1 N–H and O–H groups in total. The maximum absolute atomic E-state index is 12.3. The number of nitrogens with one attached hydrogen (secondary N) is 1. The molecule has 0 unspecified atom stereocenters. The smallest absolute Gasteiger partial charge is 0.224 e. The van der Waals surface area contributed by atoms with Gasteiger partial charge in [0.25, 0.3) is 0 Å². The lowest BCUT2D eigenvalue weighted by molar-refractivity contribution is -0.133. The first kappa shape index (κ1) is 17.4. The number of hydrogen-bond donors (Lipinski definition) is 1. The maximum atomic E-state index is 12.3. The normalized spacial score (nSPS) is 18.9. The van der Waals surface area contributed by atoms with Crippen molar-refractivity contribution >= 4 is 5.91 Å². The average molecular weight is 335 g/mol. The zero-order valence-electron chi connectivity index (χ0n) is 14.8. The van der Waals surface area contributed by atoms with Crippen molar-refractivity contribution in [3.05, 3.63) is 11.6 Å². The fraction of sp³-hybridized carbons (Fsp3) is 0.824. The van der Waals surface area contributed by atoms with Gasteiger partial charge in [-0.05, 0) is 18.8 Å². The molecular formula is C17H29N5O2. The van der Waals surface area contributed by atoms with Gasteiger partial charge in [-0.25, -0.2) is 0 Å². The van der Waals surface area contributed by atoms with Crippen molar-refractivity contribution in [1.82, 2.24) is 25.0 Å². The third kappa shape index (κ3) is 4.13. The van der Waals surface area contributed by atoms with E-state index in [1.165, 1.54) is 0 Å². The molecule has 1 aromatic heterocycles. The highest BCUT2D eigenvalue weighted by molar-refractivity contribution is 5.76. The molecule has 0 aliphatic carbocycles. The van der Waals surface area contributed by atoms with E-state index in [0.29, 0.717) is 24.9 Å². The lowest BCUT2D eigenvalue weighted by Gasteiger charge is -2.32. The summed E-state index contributed by atoms with van der Waals surface area (Å²) in [7, 11) is 0. The quantitative estimate of drug-likeness (QED) is 0.790. The molecule has 0 saturated carbocycles. The second-order valence-corrected chi connectivity index (χ2v) is 7.18. The van der Waals surface area contributed by atoms with Gasteiger partial charge in [0.15, 0.2) is 0 Å². The number of aromatic nitrogens is 3. The van der Waals surface area contributed by atoms with Crippen LogP contribution in [0, 0.1) is 5.92 Å². The zero-order valence-corrected chi connectivity index (χ0v) is 14.8. The number of fused-ring (bicyclic) bond motifs is 1. The third-order valence-electron chi connectivity index (χ3n) is 4.78. The summed E-state index contributed by atoms with van der Waals surface area (Å²) >= 11 is 0. The molecular weight excluding hydrogens is 306 g/mol. The SMILES string of the molecule is CC(C)COCCC(=O)N1CCC(c2nnc3n2CCNC3)CC1. The highest BCUT2D eigenvalue weighted by Crippen LogP contribution is 2.28. The van der Waals surface area contributed by atoms with E-state index in [4.69, 9.17) is 4.74 Å². The lowest BCUT2D eigenvalue weighted by atomic mass is 9.95. The van der Waals surface area contributed by atoms with Crippen LogP contribution in [0.1, 0.15) is 50.7 Å². The number of hydrogen-bond acceptors (Lipinski definition) is 5. The van der Waals surface area contributed by atoms with Crippen molar-refractivity contribution in [2.75, 3.05) is 32.8 Å². The Morgan fingerprint density at radius 1 is 1.29 bits per heavy atom. The summed E-state index contributed by atoms with van der Waals surface area (Å²) in [5.41, 5.74) is 0. The van der Waals surface area contributed by atoms with Crippen molar-refractivity contribution in [2.24, 2.45) is 5.92 Å². The van der Waals surface area contributed by atoms with Crippen LogP contribution in [0.25, 0.3) is 0 Å². The lowest BCUT2D eigenvalue weighted by Crippen LogP contribution is -2.39. The van der Waals surface area contributed by atoms with Crippen LogP contribution in [0.2, 0.25) is 0 Å². The standard InChI is InChI=1S/C17H29N5O2/c1-13(2)12-24-10-5-16(23)21-7-3-14(4-8-21)17-20-19-15-11-18-6-9-22(15)17/h13-14,18H,3-12H2,1-2H3. The Kier molecular flexibility index (Phi) is 5.84. The first-order valence-electron chi connectivity index (χ1n) is 9.13. The number of carbonyl (C=O) groups excluding carboxylic acids is 1. The molecule has 0 radical (unpaired) electrons. The predicted octanol–water partition coefficient (Wildman–Crippen LogP) is 1.15. The van der Waals surface area contributed by atoms with Crippen LogP contribution in [0.15, 0.2) is 0 Å². The van der Waals surface area contributed by atoms with Crippen molar-refractivity contribution in [2.45, 2.75) is 52.1 Å². The second kappa shape index (κ2) is 8.07. The number of carbonyl (C=O) groups is 1. The van der Waals surface area contributed by atoms with Crippen LogP contribution in [0.3, 0.4) is 0 Å². The first-order valence-corrected chi connectivity index (χ1v) is 9.13. The molecule has 1 aromatic rings. The number of likely N-dealkylation sites (tertiary alicyclic amines) is 1. The summed E-state index contributed by atoms with van der Waals surface area (Å²) in [4.78, 5) is 14.2. The summed E-state index contributed by atoms with van der Waals surface area (Å²) in [5, 5.41) is 12.0. The van der Waals surface area contributed by atoms with Crippen LogP contribution in [0.4, 0.5) is 0 Å². The summed E-state index contributed by atoms with van der Waals surface area (Å²) in [6.07, 6.45) is 2.44. The monoisotopic (exact) mass is 335 g/mol. The number of rotatable bonds is 6. The van der Waals surface area contributed by atoms with E-state index in [-0.39, 0.29) is 5.91 Å². The van der Waals surface area contributed by atoms with Gasteiger partial charge in [0.05, 0.1) is 19.6 Å². The Morgan fingerprint density at radius 2 is 2.08 bits per heavy atom. The molecule has 2 aliphatic heterocycles. The third-order valence-corrected chi connectivity index (χ3v) is 4.78. The van der Waals surface area contributed by atoms with Gasteiger partial charge in [-0.3, -0.25) is 4.79 Å². The van der Waals surface area contributed by atoms with E-state index in [0.717, 1.165) is 63.8 Å². The molecule has 0 spiro atoms. The summed E-state index contributed by atoms with van der Waals surface area (Å²) in [6.45, 7) is 9.85. The highest BCUT2D eigenvalue weighted by Gasteiger charge is 2.28. The molecule has 0 aromatic carbocycles. The Morgan fingerprint density at radius 3 is 2.83 bits per heavy atom. The topological polar surface area (TPSA) is 72.3 Å². The van der Waals surface area contributed by atoms with Gasteiger partial charge < -0.3 is 19.5 Å². The number of amides is 1. The molecule has 24 heavy (non-hydrogen) atoms. The molecule has 7 nitrogen and oxygen atoms in total. The summed E-state index contributed by atoms with van der Waals surface area (Å²) in [6, 6.07) is 0. The van der Waals surface area contributed by atoms with Crippen LogP contribution in [-0.2, 0) is 22.6 Å². The van der Waals surface area contributed by atoms with Gasteiger partial charge in [-0.2, -0.15) is 0 Å². The van der Waals surface area contributed by atoms with Gasteiger partial charge in [-0.1, -0.05) is 13.8 Å². The van der Waals surface area contributed by atoms with Crippen LogP contribution in [0.5, 0.6) is 0 Å². The van der Waals surface area contributed by atoms with Gasteiger partial charge in [-0.15, -0.1) is 10.2 Å². The van der Waals surface area contributed by atoms with E-state index in [1.54, 1.807) is 0 Å². The second-order valence-electron chi connectivity index (χ2n) is 7.18. The minimum atomic E-state index is 0.213. The first-order chi connectivity index (χ1) is 11.6. The molecule has 1 saturated heterocycles. The van der Waals surface area contributed by atoms with Crippen LogP contribution >= 0.6 is 0 Å². The minimum absolute atomic E-state index is 0.213. The van der Waals surface area contributed by atoms with Crippen molar-refractivity contribution < 1.29 is 9.53 Å². The van der Waals surface area contributed by atoms with Gasteiger partial charge >= 0.3 is 0 Å². The van der Waals surface area contributed by atoms with Crippen molar-refractivity contribution in [3.63, 3.8) is 0 Å². The van der Waals surface area contributed by atoms with E-state index in [9.17, 15) is 4.79 Å². The Hall–Kier alpha value is -1.47. The van der Waals surface area contributed by atoms with E-state index in [1.807, 2.05) is 4.90 Å². The number of nitrogens with zero attached hydrogens (tertiary/aromatic N) is 4. The number of ether oxygens (including phenoxy) is 1. The fourth-order valence-corrected chi connectivity index (χ4v) is 3.44. The van der Waals surface area contributed by atoms with Gasteiger partial charge in [0, 0.05) is 38.7 Å². The molecule has 3 heterocycles. The van der Waals surface area contributed by atoms with Crippen LogP contribution < -0.4 is 5.32 Å². The van der Waals surface area contributed by atoms with Crippen LogP contribution in [-0.4, -0.2) is 58.4 Å². The minimum Gasteiger partial charge on any atom is -0.381 e.